The smallest absolute Gasteiger partial charge is 0.243 e. The highest BCUT2D eigenvalue weighted by atomic mass is 32.2. The lowest BCUT2D eigenvalue weighted by atomic mass is 9.95. The van der Waals surface area contributed by atoms with Gasteiger partial charge in [-0.3, -0.25) is 13.9 Å². The first-order valence-corrected chi connectivity index (χ1v) is 16.2. The normalized spacial score (nSPS) is 14.8. The fourth-order valence-electron chi connectivity index (χ4n) is 5.40. The van der Waals surface area contributed by atoms with E-state index >= 15 is 0 Å². The van der Waals surface area contributed by atoms with Crippen LogP contribution in [0.1, 0.15) is 75.0 Å². The predicted molar refractivity (Wildman–Crippen MR) is 160 cm³/mol. The Hall–Kier alpha value is -3.07. The van der Waals surface area contributed by atoms with Gasteiger partial charge in [0.15, 0.2) is 0 Å². The molecular weight excluding hydrogens is 526 g/mol. The van der Waals surface area contributed by atoms with Crippen LogP contribution in [0.3, 0.4) is 0 Å². The van der Waals surface area contributed by atoms with E-state index in [1.165, 1.54) is 17.0 Å². The Morgan fingerprint density at radius 1 is 1.07 bits per heavy atom. The summed E-state index contributed by atoms with van der Waals surface area (Å²) in [7, 11) is -1.96. The fraction of sp³-hybridized carbons (Fsp3) is 0.548. The largest absolute Gasteiger partial charge is 0.497 e. The van der Waals surface area contributed by atoms with Gasteiger partial charge in [0.25, 0.3) is 0 Å². The predicted octanol–water partition coefficient (Wildman–Crippen LogP) is 5.11. The molecule has 0 aliphatic heterocycles. The zero-order valence-corrected chi connectivity index (χ0v) is 25.4. The van der Waals surface area contributed by atoms with Crippen LogP contribution in [0.25, 0.3) is 0 Å². The standard InChI is InChI=1S/C31H45N3O5S/c1-6-28(31(36)32-26-13-8-7-9-14-26)33(22-25-12-10-15-27(21-25)39-4)30(35)16-11-19-34(40(5,37)38)29-20-23(2)17-18-24(29)3/h10,12,15,17-18,20-21,26,28H,6-9,11,13-14,16,19,22H2,1-5H3,(H,32,36). The molecule has 0 spiro atoms. The van der Waals surface area contributed by atoms with E-state index < -0.39 is 16.1 Å². The number of benzene rings is 2. The van der Waals surface area contributed by atoms with Crippen molar-refractivity contribution in [2.45, 2.75) is 90.8 Å². The summed E-state index contributed by atoms with van der Waals surface area (Å²) in [6.07, 6.45) is 7.44. The first-order chi connectivity index (χ1) is 19.0. The molecule has 3 rings (SSSR count). The highest BCUT2D eigenvalue weighted by Crippen LogP contribution is 2.25. The Balaban J connectivity index is 1.79. The second kappa shape index (κ2) is 14.5. The SMILES string of the molecule is CCC(C(=O)NC1CCCCC1)N(Cc1cccc(OC)c1)C(=O)CCCN(c1cc(C)ccc1C)S(C)(=O)=O. The molecule has 1 unspecified atom stereocenters. The zero-order chi connectivity index (χ0) is 29.3. The van der Waals surface area contributed by atoms with Crippen molar-refractivity contribution < 1.29 is 22.7 Å². The van der Waals surface area contributed by atoms with Crippen LogP contribution in [0, 0.1) is 13.8 Å². The third-order valence-corrected chi connectivity index (χ3v) is 8.79. The maximum Gasteiger partial charge on any atom is 0.243 e. The van der Waals surface area contributed by atoms with E-state index in [2.05, 4.69) is 5.32 Å². The van der Waals surface area contributed by atoms with Crippen molar-refractivity contribution in [2.24, 2.45) is 0 Å². The van der Waals surface area contributed by atoms with E-state index in [1.54, 1.807) is 12.0 Å². The van der Waals surface area contributed by atoms with E-state index in [-0.39, 0.29) is 37.4 Å². The number of nitrogens with one attached hydrogen (secondary N) is 1. The van der Waals surface area contributed by atoms with Gasteiger partial charge in [-0.15, -0.1) is 0 Å². The summed E-state index contributed by atoms with van der Waals surface area (Å²) < 4.78 is 32.2. The van der Waals surface area contributed by atoms with Gasteiger partial charge in [-0.05, 0) is 74.4 Å². The van der Waals surface area contributed by atoms with Crippen LogP contribution < -0.4 is 14.4 Å². The quantitative estimate of drug-likeness (QED) is 0.360. The van der Waals surface area contributed by atoms with Gasteiger partial charge in [0.1, 0.15) is 11.8 Å². The summed E-state index contributed by atoms with van der Waals surface area (Å²) in [4.78, 5) is 28.8. The Bertz CT molecular complexity index is 1260. The number of carbonyl (C=O) groups excluding carboxylic acids is 2. The minimum Gasteiger partial charge on any atom is -0.497 e. The molecule has 0 bridgehead atoms. The third kappa shape index (κ3) is 8.71. The number of methoxy groups -OCH3 is 1. The number of hydrogen-bond acceptors (Lipinski definition) is 5. The molecule has 8 nitrogen and oxygen atoms in total. The summed E-state index contributed by atoms with van der Waals surface area (Å²) in [6, 6.07) is 12.7. The molecule has 9 heteroatoms. The number of amides is 2. The summed E-state index contributed by atoms with van der Waals surface area (Å²) in [5.41, 5.74) is 3.31. The van der Waals surface area contributed by atoms with Crippen molar-refractivity contribution in [1.29, 1.82) is 0 Å². The van der Waals surface area contributed by atoms with Crippen molar-refractivity contribution in [1.82, 2.24) is 10.2 Å². The van der Waals surface area contributed by atoms with Crippen LogP contribution in [0.15, 0.2) is 42.5 Å². The summed E-state index contributed by atoms with van der Waals surface area (Å²) in [5, 5.41) is 3.20. The molecule has 0 radical (unpaired) electrons. The minimum absolute atomic E-state index is 0.119. The van der Waals surface area contributed by atoms with Crippen molar-refractivity contribution in [2.75, 3.05) is 24.2 Å². The molecule has 1 N–H and O–H groups in total. The maximum absolute atomic E-state index is 13.7. The Morgan fingerprint density at radius 3 is 2.45 bits per heavy atom. The van der Waals surface area contributed by atoms with Crippen LogP contribution in [-0.2, 0) is 26.2 Å². The lowest BCUT2D eigenvalue weighted by Gasteiger charge is -2.33. The van der Waals surface area contributed by atoms with Gasteiger partial charge in [0.05, 0.1) is 19.1 Å². The molecule has 220 valence electrons. The molecule has 0 saturated heterocycles. The summed E-state index contributed by atoms with van der Waals surface area (Å²) >= 11 is 0. The van der Waals surface area contributed by atoms with Gasteiger partial charge in [0, 0.05) is 25.6 Å². The molecule has 1 saturated carbocycles. The molecule has 0 aromatic heterocycles. The van der Waals surface area contributed by atoms with Gasteiger partial charge in [-0.1, -0.05) is 50.5 Å². The molecule has 1 aliphatic rings. The number of rotatable bonds is 13. The topological polar surface area (TPSA) is 96.0 Å². The number of hydrogen-bond donors (Lipinski definition) is 1. The van der Waals surface area contributed by atoms with Gasteiger partial charge in [-0.2, -0.15) is 0 Å². The lowest BCUT2D eigenvalue weighted by Crippen LogP contribution is -2.51. The molecule has 1 atom stereocenters. The number of carbonyl (C=O) groups is 2. The highest BCUT2D eigenvalue weighted by molar-refractivity contribution is 7.92. The average Bonchev–Trinajstić information content (AvgIpc) is 2.92. The highest BCUT2D eigenvalue weighted by Gasteiger charge is 2.30. The second-order valence-corrected chi connectivity index (χ2v) is 12.8. The molecule has 0 heterocycles. The lowest BCUT2D eigenvalue weighted by molar-refractivity contribution is -0.141. The number of nitrogens with zero attached hydrogens (tertiary/aromatic N) is 2. The van der Waals surface area contributed by atoms with Crippen LogP contribution >= 0.6 is 0 Å². The first kappa shape index (κ1) is 31.5. The number of sulfonamides is 1. The van der Waals surface area contributed by atoms with E-state index in [1.807, 2.05) is 63.2 Å². The minimum atomic E-state index is -3.55. The van der Waals surface area contributed by atoms with Crippen molar-refractivity contribution in [3.8, 4) is 5.75 Å². The van der Waals surface area contributed by atoms with Crippen LogP contribution in [0.4, 0.5) is 5.69 Å². The number of aryl methyl sites for hydroxylation is 2. The molecule has 1 aliphatic carbocycles. The Labute approximate surface area is 240 Å². The second-order valence-electron chi connectivity index (χ2n) is 10.9. The Morgan fingerprint density at radius 2 is 1.80 bits per heavy atom. The van der Waals surface area contributed by atoms with Gasteiger partial charge >= 0.3 is 0 Å². The van der Waals surface area contributed by atoms with E-state index in [4.69, 9.17) is 4.74 Å². The van der Waals surface area contributed by atoms with E-state index in [0.717, 1.165) is 42.4 Å². The molecule has 2 aromatic carbocycles. The molecule has 1 fully saturated rings. The maximum atomic E-state index is 13.7. The van der Waals surface area contributed by atoms with E-state index in [0.29, 0.717) is 24.3 Å². The summed E-state index contributed by atoms with van der Waals surface area (Å²) in [6.45, 7) is 6.16. The van der Waals surface area contributed by atoms with Crippen LogP contribution in [0.2, 0.25) is 0 Å². The fourth-order valence-corrected chi connectivity index (χ4v) is 6.42. The number of ether oxygens (including phenoxy) is 1. The van der Waals surface area contributed by atoms with Gasteiger partial charge in [-0.25, -0.2) is 8.42 Å². The number of anilines is 1. The Kier molecular flexibility index (Phi) is 11.4. The molecular formula is C31H45N3O5S. The van der Waals surface area contributed by atoms with Crippen molar-refractivity contribution in [3.05, 3.63) is 59.2 Å². The van der Waals surface area contributed by atoms with Gasteiger partial charge < -0.3 is 15.0 Å². The monoisotopic (exact) mass is 571 g/mol. The van der Waals surface area contributed by atoms with E-state index in [9.17, 15) is 18.0 Å². The average molecular weight is 572 g/mol. The molecule has 40 heavy (non-hydrogen) atoms. The zero-order valence-electron chi connectivity index (χ0n) is 24.6. The molecule has 2 amide bonds. The van der Waals surface area contributed by atoms with Crippen LogP contribution in [-0.4, -0.2) is 57.1 Å². The van der Waals surface area contributed by atoms with Gasteiger partial charge in [0.2, 0.25) is 21.8 Å². The van der Waals surface area contributed by atoms with Crippen LogP contribution in [0.5, 0.6) is 5.75 Å². The molecule has 2 aromatic rings. The van der Waals surface area contributed by atoms with Crippen molar-refractivity contribution >= 4 is 27.5 Å². The third-order valence-electron chi connectivity index (χ3n) is 7.61. The van der Waals surface area contributed by atoms with Crippen molar-refractivity contribution in [3.63, 3.8) is 0 Å². The summed E-state index contributed by atoms with van der Waals surface area (Å²) in [5.74, 6) is 0.378. The first-order valence-electron chi connectivity index (χ1n) is 14.3.